The van der Waals surface area contributed by atoms with Gasteiger partial charge < -0.3 is 10.6 Å². The number of aromatic nitrogens is 1. The monoisotopic (exact) mass is 441 g/mol. The SMILES string of the molecule is O=C(NCCc1ccc(Cl)cc1)c1ccnc(C(=O)NCCc2ccc(Cl)cc2)c1. The Balaban J connectivity index is 1.48. The molecule has 3 aromatic rings. The molecule has 5 nitrogen and oxygen atoms in total. The summed E-state index contributed by atoms with van der Waals surface area (Å²) in [6, 6.07) is 18.0. The van der Waals surface area contributed by atoms with E-state index in [0.717, 1.165) is 11.1 Å². The Morgan fingerprint density at radius 3 is 1.77 bits per heavy atom. The number of hydrogen-bond acceptors (Lipinski definition) is 3. The van der Waals surface area contributed by atoms with Crippen molar-refractivity contribution in [2.24, 2.45) is 0 Å². The van der Waals surface area contributed by atoms with Crippen LogP contribution in [0.2, 0.25) is 10.0 Å². The van der Waals surface area contributed by atoms with Gasteiger partial charge in [-0.15, -0.1) is 0 Å². The minimum atomic E-state index is -0.320. The molecule has 0 bridgehead atoms. The van der Waals surface area contributed by atoms with E-state index in [0.29, 0.717) is 41.5 Å². The topological polar surface area (TPSA) is 71.1 Å². The van der Waals surface area contributed by atoms with Gasteiger partial charge in [0.1, 0.15) is 5.69 Å². The third kappa shape index (κ3) is 6.58. The van der Waals surface area contributed by atoms with Crippen LogP contribution in [0.25, 0.3) is 0 Å². The van der Waals surface area contributed by atoms with E-state index < -0.39 is 0 Å². The lowest BCUT2D eigenvalue weighted by Crippen LogP contribution is -2.28. The van der Waals surface area contributed by atoms with E-state index in [4.69, 9.17) is 23.2 Å². The predicted molar refractivity (Wildman–Crippen MR) is 119 cm³/mol. The molecule has 0 fully saturated rings. The number of benzene rings is 2. The zero-order valence-electron chi connectivity index (χ0n) is 16.2. The van der Waals surface area contributed by atoms with Crippen LogP contribution in [0.1, 0.15) is 32.0 Å². The van der Waals surface area contributed by atoms with Gasteiger partial charge in [0.15, 0.2) is 0 Å². The average molecular weight is 442 g/mol. The van der Waals surface area contributed by atoms with Gasteiger partial charge in [-0.05, 0) is 60.4 Å². The van der Waals surface area contributed by atoms with Gasteiger partial charge in [-0.25, -0.2) is 0 Å². The summed E-state index contributed by atoms with van der Waals surface area (Å²) in [6.45, 7) is 0.936. The van der Waals surface area contributed by atoms with Crippen LogP contribution >= 0.6 is 23.2 Å². The molecule has 7 heteroatoms. The maximum Gasteiger partial charge on any atom is 0.269 e. The van der Waals surface area contributed by atoms with Gasteiger partial charge in [-0.2, -0.15) is 0 Å². The third-order valence-electron chi connectivity index (χ3n) is 4.48. The molecule has 0 saturated heterocycles. The number of carbonyl (C=O) groups excluding carboxylic acids is 2. The van der Waals surface area contributed by atoms with Gasteiger partial charge in [-0.1, -0.05) is 47.5 Å². The highest BCUT2D eigenvalue weighted by atomic mass is 35.5. The second-order valence-electron chi connectivity index (χ2n) is 6.69. The fourth-order valence-electron chi connectivity index (χ4n) is 2.83. The molecule has 1 aromatic heterocycles. The molecule has 0 unspecified atom stereocenters. The summed E-state index contributed by atoms with van der Waals surface area (Å²) < 4.78 is 0. The second kappa shape index (κ2) is 10.8. The van der Waals surface area contributed by atoms with Gasteiger partial charge >= 0.3 is 0 Å². The van der Waals surface area contributed by atoms with Crippen molar-refractivity contribution < 1.29 is 9.59 Å². The average Bonchev–Trinajstić information content (AvgIpc) is 2.76. The quantitative estimate of drug-likeness (QED) is 0.546. The van der Waals surface area contributed by atoms with Crippen molar-refractivity contribution >= 4 is 35.0 Å². The number of pyridine rings is 1. The molecule has 0 aliphatic rings. The summed E-state index contributed by atoms with van der Waals surface area (Å²) in [5.41, 5.74) is 2.75. The first-order chi connectivity index (χ1) is 14.5. The molecule has 1 heterocycles. The molecule has 3 rings (SSSR count). The fraction of sp³-hybridized carbons (Fsp3) is 0.174. The fourth-order valence-corrected chi connectivity index (χ4v) is 3.08. The predicted octanol–water partition coefficient (Wildman–Crippen LogP) is 4.33. The number of rotatable bonds is 8. The number of amides is 2. The molecule has 2 aromatic carbocycles. The molecule has 154 valence electrons. The Labute approximate surface area is 185 Å². The lowest BCUT2D eigenvalue weighted by atomic mass is 10.1. The molecule has 0 saturated carbocycles. The van der Waals surface area contributed by atoms with Crippen molar-refractivity contribution in [2.75, 3.05) is 13.1 Å². The number of nitrogens with zero attached hydrogens (tertiary/aromatic N) is 1. The summed E-state index contributed by atoms with van der Waals surface area (Å²) in [5.74, 6) is -0.568. The molecule has 30 heavy (non-hydrogen) atoms. The summed E-state index contributed by atoms with van der Waals surface area (Å²) in [7, 11) is 0. The third-order valence-corrected chi connectivity index (χ3v) is 4.98. The first kappa shape index (κ1) is 21.8. The van der Waals surface area contributed by atoms with Crippen molar-refractivity contribution in [3.05, 3.63) is 99.3 Å². The summed E-state index contributed by atoms with van der Waals surface area (Å²) in [6.07, 6.45) is 2.82. The van der Waals surface area contributed by atoms with Crippen molar-refractivity contribution in [2.45, 2.75) is 12.8 Å². The van der Waals surface area contributed by atoms with E-state index in [9.17, 15) is 9.59 Å². The Morgan fingerprint density at radius 2 is 1.23 bits per heavy atom. The maximum absolute atomic E-state index is 12.4. The van der Waals surface area contributed by atoms with Crippen LogP contribution < -0.4 is 10.6 Å². The van der Waals surface area contributed by atoms with Crippen LogP contribution in [0.4, 0.5) is 0 Å². The molecule has 2 amide bonds. The lowest BCUT2D eigenvalue weighted by Gasteiger charge is -2.08. The highest BCUT2D eigenvalue weighted by molar-refractivity contribution is 6.30. The van der Waals surface area contributed by atoms with Crippen LogP contribution in [0.3, 0.4) is 0 Å². The Hall–Kier alpha value is -2.89. The summed E-state index contributed by atoms with van der Waals surface area (Å²) in [5, 5.41) is 7.03. The summed E-state index contributed by atoms with van der Waals surface area (Å²) in [4.78, 5) is 28.8. The van der Waals surface area contributed by atoms with Crippen molar-refractivity contribution in [1.29, 1.82) is 0 Å². The van der Waals surface area contributed by atoms with Gasteiger partial charge in [-0.3, -0.25) is 14.6 Å². The zero-order valence-corrected chi connectivity index (χ0v) is 17.7. The molecule has 0 aliphatic heterocycles. The Kier molecular flexibility index (Phi) is 7.82. The van der Waals surface area contributed by atoms with E-state index in [1.807, 2.05) is 48.5 Å². The Morgan fingerprint density at radius 1 is 0.733 bits per heavy atom. The van der Waals surface area contributed by atoms with E-state index in [2.05, 4.69) is 15.6 Å². The van der Waals surface area contributed by atoms with Crippen LogP contribution in [-0.4, -0.2) is 29.9 Å². The molecule has 2 N–H and O–H groups in total. The number of carbonyl (C=O) groups is 2. The Bertz CT molecular complexity index is 927. The molecule has 0 radical (unpaired) electrons. The van der Waals surface area contributed by atoms with Gasteiger partial charge in [0.2, 0.25) is 0 Å². The number of nitrogens with one attached hydrogen (secondary N) is 2. The lowest BCUT2D eigenvalue weighted by molar-refractivity contribution is 0.0949. The largest absolute Gasteiger partial charge is 0.352 e. The van der Waals surface area contributed by atoms with Crippen LogP contribution in [0, 0.1) is 0 Å². The number of halogens is 2. The van der Waals surface area contributed by atoms with Gasteiger partial charge in [0, 0.05) is 34.9 Å². The highest BCUT2D eigenvalue weighted by Crippen LogP contribution is 2.11. The normalized spacial score (nSPS) is 10.5. The number of hydrogen-bond donors (Lipinski definition) is 2. The van der Waals surface area contributed by atoms with Gasteiger partial charge in [0.05, 0.1) is 0 Å². The van der Waals surface area contributed by atoms with E-state index in [-0.39, 0.29) is 17.5 Å². The smallest absolute Gasteiger partial charge is 0.269 e. The van der Waals surface area contributed by atoms with Crippen molar-refractivity contribution in [1.82, 2.24) is 15.6 Å². The standard InChI is InChI=1S/C23H21Cl2N3O2/c24-19-5-1-16(2-6-19)9-12-27-22(29)18-11-14-26-21(15-18)23(30)28-13-10-17-3-7-20(25)8-4-17/h1-8,11,14-15H,9-10,12-13H2,(H,27,29)(H,28,30). The molecule has 0 atom stereocenters. The molecular formula is C23H21Cl2N3O2. The molecular weight excluding hydrogens is 421 g/mol. The van der Waals surface area contributed by atoms with Crippen molar-refractivity contribution in [3.63, 3.8) is 0 Å². The highest BCUT2D eigenvalue weighted by Gasteiger charge is 2.11. The van der Waals surface area contributed by atoms with E-state index in [1.54, 1.807) is 6.07 Å². The zero-order chi connectivity index (χ0) is 21.3. The second-order valence-corrected chi connectivity index (χ2v) is 7.57. The van der Waals surface area contributed by atoms with Gasteiger partial charge in [0.25, 0.3) is 11.8 Å². The summed E-state index contributed by atoms with van der Waals surface area (Å²) >= 11 is 11.7. The maximum atomic E-state index is 12.4. The van der Waals surface area contributed by atoms with Crippen LogP contribution in [-0.2, 0) is 12.8 Å². The van der Waals surface area contributed by atoms with Crippen LogP contribution in [0.15, 0.2) is 66.9 Å². The minimum absolute atomic E-state index is 0.205. The first-order valence-corrected chi connectivity index (χ1v) is 10.3. The van der Waals surface area contributed by atoms with E-state index in [1.165, 1.54) is 12.3 Å². The van der Waals surface area contributed by atoms with E-state index >= 15 is 0 Å². The van der Waals surface area contributed by atoms with Crippen molar-refractivity contribution in [3.8, 4) is 0 Å². The first-order valence-electron chi connectivity index (χ1n) is 9.52. The molecule has 0 aliphatic carbocycles. The molecule has 0 spiro atoms. The van der Waals surface area contributed by atoms with Crippen LogP contribution in [0.5, 0.6) is 0 Å². The minimum Gasteiger partial charge on any atom is -0.352 e.